The predicted molar refractivity (Wildman–Crippen MR) is 111 cm³/mol. The molecule has 1 rings (SSSR count). The maximum atomic E-state index is 12.2. The van der Waals surface area contributed by atoms with Crippen molar-refractivity contribution in [3.63, 3.8) is 0 Å². The van der Waals surface area contributed by atoms with Gasteiger partial charge in [-0.3, -0.25) is 9.59 Å². The summed E-state index contributed by atoms with van der Waals surface area (Å²) in [6.07, 6.45) is 15.2. The molecule has 1 heterocycles. The van der Waals surface area contributed by atoms with Crippen LogP contribution in [-0.4, -0.2) is 45.7 Å². The molecule has 1 unspecified atom stereocenters. The molecule has 27 heavy (non-hydrogen) atoms. The zero-order valence-electron chi connectivity index (χ0n) is 17.4. The number of piperidine rings is 1. The Morgan fingerprint density at radius 3 is 2.67 bits per heavy atom. The summed E-state index contributed by atoms with van der Waals surface area (Å²) in [6, 6.07) is 0.0470. The van der Waals surface area contributed by atoms with Crippen molar-refractivity contribution in [2.75, 3.05) is 6.54 Å². The average Bonchev–Trinajstić information content (AvgIpc) is 2.66. The standard InChI is InChI=1S/C20H33NO4.C2H6/c1-2-3-6-11-18(22)15-14-17-10-9-12-19(23)21(17)16-8-5-4-7-13-20(24)25;1-2/h5,8,14-15,17-18,22H,2-4,6-7,9-13,16H2,1H3,(H,24,25);1-2H3/t17-,18?;/m1./s1. The van der Waals surface area contributed by atoms with Crippen molar-refractivity contribution < 1.29 is 19.8 Å². The molecule has 5 heteroatoms. The number of amides is 1. The third-order valence-electron chi connectivity index (χ3n) is 4.50. The van der Waals surface area contributed by atoms with Crippen LogP contribution >= 0.6 is 0 Å². The van der Waals surface area contributed by atoms with Gasteiger partial charge in [-0.1, -0.05) is 64.3 Å². The molecule has 1 fully saturated rings. The first-order chi connectivity index (χ1) is 13.0. The summed E-state index contributed by atoms with van der Waals surface area (Å²) in [4.78, 5) is 24.5. The zero-order chi connectivity index (χ0) is 20.5. The molecule has 0 saturated carbocycles. The summed E-state index contributed by atoms with van der Waals surface area (Å²) in [5.74, 6) is -0.626. The second-order valence-electron chi connectivity index (χ2n) is 6.71. The fourth-order valence-corrected chi connectivity index (χ4v) is 3.02. The lowest BCUT2D eigenvalue weighted by Gasteiger charge is -2.33. The van der Waals surface area contributed by atoms with E-state index < -0.39 is 12.1 Å². The van der Waals surface area contributed by atoms with Gasteiger partial charge < -0.3 is 15.1 Å². The highest BCUT2D eigenvalue weighted by atomic mass is 16.4. The van der Waals surface area contributed by atoms with E-state index in [1.54, 1.807) is 0 Å². The normalized spacial score (nSPS) is 18.6. The monoisotopic (exact) mass is 381 g/mol. The molecule has 1 saturated heterocycles. The van der Waals surface area contributed by atoms with Gasteiger partial charge in [-0.2, -0.15) is 0 Å². The Morgan fingerprint density at radius 2 is 2.00 bits per heavy atom. The lowest BCUT2D eigenvalue weighted by atomic mass is 10.00. The molecular formula is C22H39NO4. The number of hydrogen-bond acceptors (Lipinski definition) is 3. The van der Waals surface area contributed by atoms with Crippen molar-refractivity contribution in [3.05, 3.63) is 24.3 Å². The predicted octanol–water partition coefficient (Wildman–Crippen LogP) is 4.70. The second kappa shape index (κ2) is 16.5. The highest BCUT2D eigenvalue weighted by Crippen LogP contribution is 2.20. The van der Waals surface area contributed by atoms with Gasteiger partial charge in [0.25, 0.3) is 0 Å². The quantitative estimate of drug-likeness (QED) is 0.379. The number of aliphatic hydroxyl groups is 1. The van der Waals surface area contributed by atoms with Crippen LogP contribution in [0.3, 0.4) is 0 Å². The number of aliphatic carboxylic acids is 1. The minimum absolute atomic E-state index is 0.0470. The first kappa shape index (κ1) is 25.4. The molecular weight excluding hydrogens is 342 g/mol. The zero-order valence-corrected chi connectivity index (χ0v) is 17.4. The molecule has 0 aromatic rings. The molecule has 1 aliphatic rings. The largest absolute Gasteiger partial charge is 0.481 e. The van der Waals surface area contributed by atoms with E-state index in [4.69, 9.17) is 5.11 Å². The number of carbonyl (C=O) groups excluding carboxylic acids is 1. The Bertz CT molecular complexity index is 459. The number of rotatable bonds is 12. The Kier molecular flexibility index (Phi) is 15.6. The van der Waals surface area contributed by atoms with Crippen LogP contribution in [0.5, 0.6) is 0 Å². The van der Waals surface area contributed by atoms with Crippen molar-refractivity contribution in [1.29, 1.82) is 0 Å². The van der Waals surface area contributed by atoms with Crippen LogP contribution in [0.15, 0.2) is 24.3 Å². The summed E-state index contributed by atoms with van der Waals surface area (Å²) < 4.78 is 0. The van der Waals surface area contributed by atoms with Crippen LogP contribution < -0.4 is 0 Å². The summed E-state index contributed by atoms with van der Waals surface area (Å²) >= 11 is 0. The molecule has 0 aliphatic carbocycles. The van der Waals surface area contributed by atoms with E-state index in [0.29, 0.717) is 25.8 Å². The van der Waals surface area contributed by atoms with E-state index in [1.165, 1.54) is 0 Å². The Hall–Kier alpha value is -1.62. The number of allylic oxidation sites excluding steroid dienone is 1. The van der Waals surface area contributed by atoms with Crippen molar-refractivity contribution in [3.8, 4) is 0 Å². The van der Waals surface area contributed by atoms with Crippen molar-refractivity contribution >= 4 is 11.9 Å². The number of carbonyl (C=O) groups is 2. The van der Waals surface area contributed by atoms with E-state index in [0.717, 1.165) is 38.5 Å². The van der Waals surface area contributed by atoms with Gasteiger partial charge in [-0.15, -0.1) is 0 Å². The Morgan fingerprint density at radius 1 is 1.26 bits per heavy atom. The lowest BCUT2D eigenvalue weighted by molar-refractivity contribution is -0.137. The van der Waals surface area contributed by atoms with Gasteiger partial charge in [-0.05, 0) is 32.1 Å². The van der Waals surface area contributed by atoms with Gasteiger partial charge in [-0.25, -0.2) is 0 Å². The highest BCUT2D eigenvalue weighted by Gasteiger charge is 2.25. The first-order valence-corrected chi connectivity index (χ1v) is 10.6. The Labute approximate surface area is 165 Å². The summed E-state index contributed by atoms with van der Waals surface area (Å²) in [5, 5.41) is 18.6. The molecule has 0 aromatic heterocycles. The summed E-state index contributed by atoms with van der Waals surface area (Å²) in [6.45, 7) is 6.69. The molecule has 0 spiro atoms. The fourth-order valence-electron chi connectivity index (χ4n) is 3.02. The molecule has 0 aromatic carbocycles. The molecule has 0 bridgehead atoms. The number of unbranched alkanes of at least 4 members (excludes halogenated alkanes) is 3. The van der Waals surface area contributed by atoms with Gasteiger partial charge in [0.2, 0.25) is 5.91 Å². The highest BCUT2D eigenvalue weighted by molar-refractivity contribution is 5.77. The smallest absolute Gasteiger partial charge is 0.303 e. The van der Waals surface area contributed by atoms with Crippen LogP contribution in [0.2, 0.25) is 0 Å². The number of carboxylic acids is 1. The topological polar surface area (TPSA) is 77.8 Å². The number of carboxylic acid groups (broad SMARTS) is 1. The lowest BCUT2D eigenvalue weighted by Crippen LogP contribution is -2.42. The van der Waals surface area contributed by atoms with Gasteiger partial charge >= 0.3 is 5.97 Å². The molecule has 0 radical (unpaired) electrons. The average molecular weight is 382 g/mol. The van der Waals surface area contributed by atoms with Crippen molar-refractivity contribution in [2.45, 2.75) is 97.1 Å². The minimum atomic E-state index is -0.776. The molecule has 5 nitrogen and oxygen atoms in total. The van der Waals surface area contributed by atoms with Gasteiger partial charge in [0.15, 0.2) is 0 Å². The SMILES string of the molecule is CC.CCCCCC(O)C=C[C@H]1CCCC(=O)N1CC=CCCCC(=O)O. The molecule has 156 valence electrons. The number of likely N-dealkylation sites (tertiary alicyclic amines) is 1. The van der Waals surface area contributed by atoms with Gasteiger partial charge in [0.05, 0.1) is 12.1 Å². The van der Waals surface area contributed by atoms with E-state index >= 15 is 0 Å². The van der Waals surface area contributed by atoms with Crippen LogP contribution in [0.25, 0.3) is 0 Å². The summed E-state index contributed by atoms with van der Waals surface area (Å²) in [5.41, 5.74) is 0. The fraction of sp³-hybridized carbons (Fsp3) is 0.727. The third kappa shape index (κ3) is 12.4. The van der Waals surface area contributed by atoms with E-state index in [1.807, 2.05) is 43.1 Å². The van der Waals surface area contributed by atoms with E-state index in [9.17, 15) is 14.7 Å². The Balaban J connectivity index is 0.00000326. The minimum Gasteiger partial charge on any atom is -0.481 e. The van der Waals surface area contributed by atoms with Crippen LogP contribution in [0.4, 0.5) is 0 Å². The van der Waals surface area contributed by atoms with Crippen LogP contribution in [0, 0.1) is 0 Å². The molecule has 1 aliphatic heterocycles. The van der Waals surface area contributed by atoms with Crippen LogP contribution in [0.1, 0.15) is 85.0 Å². The van der Waals surface area contributed by atoms with Crippen LogP contribution in [-0.2, 0) is 9.59 Å². The summed E-state index contributed by atoms with van der Waals surface area (Å²) in [7, 11) is 0. The number of hydrogen-bond donors (Lipinski definition) is 2. The van der Waals surface area contributed by atoms with E-state index in [-0.39, 0.29) is 18.4 Å². The maximum absolute atomic E-state index is 12.2. The van der Waals surface area contributed by atoms with Crippen molar-refractivity contribution in [2.24, 2.45) is 0 Å². The van der Waals surface area contributed by atoms with Crippen molar-refractivity contribution in [1.82, 2.24) is 4.90 Å². The third-order valence-corrected chi connectivity index (χ3v) is 4.50. The number of aliphatic hydroxyl groups excluding tert-OH is 1. The second-order valence-corrected chi connectivity index (χ2v) is 6.71. The van der Waals surface area contributed by atoms with E-state index in [2.05, 4.69) is 6.92 Å². The van der Waals surface area contributed by atoms with Gasteiger partial charge in [0.1, 0.15) is 0 Å². The molecule has 2 atom stereocenters. The first-order valence-electron chi connectivity index (χ1n) is 10.6. The molecule has 1 amide bonds. The van der Waals surface area contributed by atoms with Gasteiger partial charge in [0, 0.05) is 19.4 Å². The molecule has 2 N–H and O–H groups in total. The number of nitrogens with zero attached hydrogens (tertiary/aromatic N) is 1. The maximum Gasteiger partial charge on any atom is 0.303 e.